The number of nitrogens with zero attached hydrogens (tertiary/aromatic N) is 1. The maximum atomic E-state index is 4.40. The van der Waals surface area contributed by atoms with E-state index in [4.69, 9.17) is 0 Å². The molecule has 80 valence electrons. The lowest BCUT2D eigenvalue weighted by Crippen LogP contribution is -2.17. The van der Waals surface area contributed by atoms with Gasteiger partial charge in [0.1, 0.15) is 5.01 Å². The first kappa shape index (κ1) is 12.0. The molecule has 0 aliphatic carbocycles. The number of hydrogen-bond donors (Lipinski definition) is 1. The van der Waals surface area contributed by atoms with Gasteiger partial charge in [-0.15, -0.1) is 11.3 Å². The Morgan fingerprint density at radius 2 is 2.43 bits per heavy atom. The molecule has 1 unspecified atom stereocenters. The molecule has 1 heterocycles. The van der Waals surface area contributed by atoms with E-state index in [2.05, 4.69) is 28.9 Å². The highest BCUT2D eigenvalue weighted by molar-refractivity contribution is 7.99. The van der Waals surface area contributed by atoms with Crippen molar-refractivity contribution in [2.75, 3.05) is 12.8 Å². The molecule has 0 saturated heterocycles. The minimum Gasteiger partial charge on any atom is -0.310 e. The van der Waals surface area contributed by atoms with Crippen molar-refractivity contribution in [2.24, 2.45) is 0 Å². The van der Waals surface area contributed by atoms with E-state index in [0.717, 1.165) is 24.0 Å². The van der Waals surface area contributed by atoms with Crippen LogP contribution in [0.15, 0.2) is 5.38 Å². The van der Waals surface area contributed by atoms with Crippen molar-refractivity contribution in [3.8, 4) is 0 Å². The van der Waals surface area contributed by atoms with Gasteiger partial charge in [0.15, 0.2) is 0 Å². The van der Waals surface area contributed by atoms with Crippen molar-refractivity contribution < 1.29 is 0 Å². The highest BCUT2D eigenvalue weighted by Crippen LogP contribution is 2.10. The third-order valence-electron chi connectivity index (χ3n) is 2.07. The largest absolute Gasteiger partial charge is 0.310 e. The van der Waals surface area contributed by atoms with Crippen LogP contribution in [-0.2, 0) is 6.54 Å². The fourth-order valence-electron chi connectivity index (χ4n) is 1.10. The maximum absolute atomic E-state index is 4.40. The minimum absolute atomic E-state index is 0.750. The molecule has 1 aromatic rings. The van der Waals surface area contributed by atoms with Crippen molar-refractivity contribution in [3.63, 3.8) is 0 Å². The van der Waals surface area contributed by atoms with Crippen molar-refractivity contribution in [3.05, 3.63) is 16.1 Å². The highest BCUT2D eigenvalue weighted by atomic mass is 32.2. The number of thiazole rings is 1. The summed E-state index contributed by atoms with van der Waals surface area (Å²) >= 11 is 3.66. The third kappa shape index (κ3) is 4.44. The second-order valence-corrected chi connectivity index (χ2v) is 5.61. The van der Waals surface area contributed by atoms with E-state index in [1.165, 1.54) is 11.4 Å². The Labute approximate surface area is 94.5 Å². The second-order valence-electron chi connectivity index (χ2n) is 3.39. The van der Waals surface area contributed by atoms with E-state index in [-0.39, 0.29) is 0 Å². The number of hydrogen-bond acceptors (Lipinski definition) is 4. The lowest BCUT2D eigenvalue weighted by molar-refractivity contribution is 0.645. The molecule has 0 fully saturated rings. The first-order chi connectivity index (χ1) is 6.72. The van der Waals surface area contributed by atoms with Crippen molar-refractivity contribution in [2.45, 2.75) is 32.1 Å². The lowest BCUT2D eigenvalue weighted by atomic mass is 10.3. The fraction of sp³-hybridized carbons (Fsp3) is 0.700. The van der Waals surface area contributed by atoms with Gasteiger partial charge in [0.25, 0.3) is 0 Å². The molecule has 0 saturated carbocycles. The summed E-state index contributed by atoms with van der Waals surface area (Å²) in [7, 11) is 0. The van der Waals surface area contributed by atoms with Gasteiger partial charge in [0, 0.05) is 22.9 Å². The van der Waals surface area contributed by atoms with Gasteiger partial charge in [-0.2, -0.15) is 11.8 Å². The van der Waals surface area contributed by atoms with Gasteiger partial charge in [-0.05, 0) is 26.1 Å². The summed E-state index contributed by atoms with van der Waals surface area (Å²) in [6.07, 6.45) is 3.39. The maximum Gasteiger partial charge on any atom is 0.107 e. The number of nitrogens with one attached hydrogen (secondary N) is 1. The number of rotatable bonds is 6. The second kappa shape index (κ2) is 6.43. The van der Waals surface area contributed by atoms with Gasteiger partial charge >= 0.3 is 0 Å². The van der Waals surface area contributed by atoms with Crippen LogP contribution >= 0.6 is 23.1 Å². The van der Waals surface area contributed by atoms with Gasteiger partial charge in [-0.25, -0.2) is 4.98 Å². The molecule has 1 aromatic heterocycles. The first-order valence-corrected chi connectivity index (χ1v) is 7.03. The van der Waals surface area contributed by atoms with Crippen LogP contribution in [0.25, 0.3) is 0 Å². The molecule has 1 N–H and O–H groups in total. The van der Waals surface area contributed by atoms with E-state index in [1.807, 2.05) is 18.7 Å². The van der Waals surface area contributed by atoms with Gasteiger partial charge < -0.3 is 5.32 Å². The first-order valence-electron chi connectivity index (χ1n) is 4.87. The zero-order chi connectivity index (χ0) is 10.4. The van der Waals surface area contributed by atoms with Crippen LogP contribution in [0.1, 0.15) is 24.0 Å². The zero-order valence-electron chi connectivity index (χ0n) is 9.04. The number of thioether (sulfide) groups is 1. The van der Waals surface area contributed by atoms with Crippen molar-refractivity contribution >= 4 is 23.1 Å². The summed E-state index contributed by atoms with van der Waals surface area (Å²) < 4.78 is 0. The summed E-state index contributed by atoms with van der Waals surface area (Å²) in [5, 5.41) is 7.46. The summed E-state index contributed by atoms with van der Waals surface area (Å²) in [6.45, 7) is 6.30. The predicted octanol–water partition coefficient (Wildman–Crippen LogP) is 2.68. The molecular weight excluding hydrogens is 212 g/mol. The molecule has 1 rings (SSSR count). The van der Waals surface area contributed by atoms with Crippen LogP contribution < -0.4 is 5.32 Å². The van der Waals surface area contributed by atoms with E-state index in [9.17, 15) is 0 Å². The van der Waals surface area contributed by atoms with Crippen LogP contribution in [0.5, 0.6) is 0 Å². The molecule has 0 aliphatic rings. The van der Waals surface area contributed by atoms with E-state index >= 15 is 0 Å². The molecule has 2 nitrogen and oxygen atoms in total. The van der Waals surface area contributed by atoms with Crippen LogP contribution in [0.3, 0.4) is 0 Å². The average molecular weight is 230 g/mol. The molecule has 0 radical (unpaired) electrons. The molecule has 4 heteroatoms. The predicted molar refractivity (Wildman–Crippen MR) is 66.2 cm³/mol. The van der Waals surface area contributed by atoms with Crippen LogP contribution in [0.4, 0.5) is 0 Å². The monoisotopic (exact) mass is 230 g/mol. The molecule has 1 atom stereocenters. The highest BCUT2D eigenvalue weighted by Gasteiger charge is 2.00. The van der Waals surface area contributed by atoms with Crippen LogP contribution in [0.2, 0.25) is 0 Å². The number of aromatic nitrogens is 1. The van der Waals surface area contributed by atoms with Crippen LogP contribution in [0, 0.1) is 6.92 Å². The molecule has 0 spiro atoms. The normalized spacial score (nSPS) is 13.1. The van der Waals surface area contributed by atoms with Gasteiger partial charge in [0.05, 0.1) is 0 Å². The molecule has 0 aromatic carbocycles. The summed E-state index contributed by atoms with van der Waals surface area (Å²) in [5.41, 5.74) is 1.13. The fourth-order valence-corrected chi connectivity index (χ4v) is 2.20. The molecule has 0 bridgehead atoms. The number of aryl methyl sites for hydroxylation is 1. The molecule has 0 amide bonds. The quantitative estimate of drug-likeness (QED) is 0.761. The minimum atomic E-state index is 0.750. The Balaban J connectivity index is 2.10. The van der Waals surface area contributed by atoms with Gasteiger partial charge in [-0.1, -0.05) is 6.92 Å². The van der Waals surface area contributed by atoms with Crippen molar-refractivity contribution in [1.29, 1.82) is 0 Å². The molecular formula is C10H18N2S2. The summed E-state index contributed by atoms with van der Waals surface area (Å²) in [4.78, 5) is 4.40. The average Bonchev–Trinajstić information content (AvgIpc) is 2.58. The third-order valence-corrected chi connectivity index (χ3v) is 4.08. The SMILES string of the molecule is CSC(C)CCNCc1nc(C)cs1. The molecule has 0 aliphatic heterocycles. The Bertz CT molecular complexity index is 260. The lowest BCUT2D eigenvalue weighted by Gasteiger charge is -2.07. The Morgan fingerprint density at radius 3 is 3.00 bits per heavy atom. The Hall–Kier alpha value is -0.0600. The van der Waals surface area contributed by atoms with Gasteiger partial charge in [0.2, 0.25) is 0 Å². The van der Waals surface area contributed by atoms with E-state index in [1.54, 1.807) is 11.3 Å². The van der Waals surface area contributed by atoms with Crippen LogP contribution in [-0.4, -0.2) is 23.0 Å². The topological polar surface area (TPSA) is 24.9 Å². The van der Waals surface area contributed by atoms with Crippen molar-refractivity contribution in [1.82, 2.24) is 10.3 Å². The van der Waals surface area contributed by atoms with E-state index < -0.39 is 0 Å². The smallest absolute Gasteiger partial charge is 0.107 e. The zero-order valence-corrected chi connectivity index (χ0v) is 10.7. The standard InChI is InChI=1S/C10H18N2S2/c1-8-7-14-10(12-8)6-11-5-4-9(2)13-3/h7,9,11H,4-6H2,1-3H3. The summed E-state index contributed by atoms with van der Waals surface area (Å²) in [5.74, 6) is 0. The van der Waals surface area contributed by atoms with E-state index in [0.29, 0.717) is 0 Å². The Kier molecular flexibility index (Phi) is 5.52. The molecule has 14 heavy (non-hydrogen) atoms. The summed E-state index contributed by atoms with van der Waals surface area (Å²) in [6, 6.07) is 0. The van der Waals surface area contributed by atoms with Gasteiger partial charge in [-0.3, -0.25) is 0 Å². The Morgan fingerprint density at radius 1 is 1.64 bits per heavy atom.